The Morgan fingerprint density at radius 2 is 1.12 bits per heavy atom. The fourth-order valence-corrected chi connectivity index (χ4v) is 1.02. The summed E-state index contributed by atoms with van der Waals surface area (Å²) in [5.41, 5.74) is 0. The molecule has 0 spiro atoms. The monoisotopic (exact) mass is 300 g/mol. The molecule has 0 aliphatic heterocycles. The Kier molecular flexibility index (Phi) is 4.63. The number of ether oxygens (including phenoxy) is 2. The molecule has 0 saturated heterocycles. The van der Waals surface area contributed by atoms with E-state index >= 15 is 0 Å². The molecule has 0 aromatic carbocycles. The molecule has 0 aliphatic carbocycles. The summed E-state index contributed by atoms with van der Waals surface area (Å²) < 4.78 is 55.4. The van der Waals surface area contributed by atoms with Gasteiger partial charge in [0.15, 0.2) is 0 Å². The minimum absolute atomic E-state index is 0.510. The predicted molar refractivity (Wildman–Crippen MR) is 48.4 cm³/mol. The van der Waals surface area contributed by atoms with Crippen LogP contribution in [-0.2, 0) is 19.1 Å². The van der Waals surface area contributed by atoms with Crippen molar-refractivity contribution in [2.45, 2.75) is 16.2 Å². The van der Waals surface area contributed by atoms with E-state index in [0.29, 0.717) is 14.2 Å². The summed E-state index contributed by atoms with van der Waals surface area (Å²) in [4.78, 5) is 21.2. The molecule has 10 heteroatoms. The molecule has 0 fully saturated rings. The Balaban J connectivity index is 5.54. The Labute approximate surface area is 103 Å². The third-order valence-electron chi connectivity index (χ3n) is 1.67. The largest absolute Gasteiger partial charge is 0.464 e. The number of alkyl halides is 6. The van der Waals surface area contributed by atoms with E-state index in [0.717, 1.165) is 0 Å². The van der Waals surface area contributed by atoms with Gasteiger partial charge in [0.05, 0.1) is 14.2 Å². The van der Waals surface area contributed by atoms with Gasteiger partial charge in [0, 0.05) is 0 Å². The highest BCUT2D eigenvalue weighted by Crippen LogP contribution is 2.50. The SMILES string of the molecule is COC(=O)C(F)(F)C(Cl)(Cl)C(F)(F)C(=O)OC. The van der Waals surface area contributed by atoms with Gasteiger partial charge in [-0.3, -0.25) is 0 Å². The highest BCUT2D eigenvalue weighted by atomic mass is 35.5. The van der Waals surface area contributed by atoms with Crippen LogP contribution < -0.4 is 0 Å². The van der Waals surface area contributed by atoms with Crippen LogP contribution in [0.3, 0.4) is 0 Å². The summed E-state index contributed by atoms with van der Waals surface area (Å²) in [5, 5.41) is 0. The maximum Gasteiger partial charge on any atom is 0.381 e. The molecule has 0 amide bonds. The molecule has 0 aromatic heterocycles. The Hall–Kier alpha value is -0.760. The first kappa shape index (κ1) is 16.2. The molecular weight excluding hydrogens is 295 g/mol. The van der Waals surface area contributed by atoms with Gasteiger partial charge in [-0.2, -0.15) is 17.6 Å². The first-order valence-electron chi connectivity index (χ1n) is 3.77. The molecule has 0 radical (unpaired) electrons. The first-order chi connectivity index (χ1) is 7.46. The maximum absolute atomic E-state index is 13.2. The zero-order chi connectivity index (χ0) is 14.1. The number of rotatable bonds is 4. The van der Waals surface area contributed by atoms with Gasteiger partial charge in [0.2, 0.25) is 0 Å². The van der Waals surface area contributed by atoms with Crippen molar-refractivity contribution < 1.29 is 36.6 Å². The molecule has 0 unspecified atom stereocenters. The molecule has 0 saturated carbocycles. The lowest BCUT2D eigenvalue weighted by Gasteiger charge is -2.31. The molecular formula is C7H6Cl2F4O4. The fraction of sp³-hybridized carbons (Fsp3) is 0.714. The number of esters is 2. The molecule has 0 aromatic rings. The summed E-state index contributed by atoms with van der Waals surface area (Å²) >= 11 is 9.46. The zero-order valence-electron chi connectivity index (χ0n) is 8.40. The van der Waals surface area contributed by atoms with Gasteiger partial charge in [-0.1, -0.05) is 23.2 Å². The van der Waals surface area contributed by atoms with Crippen LogP contribution in [-0.4, -0.2) is 42.3 Å². The minimum atomic E-state index is -5.01. The molecule has 0 aliphatic rings. The highest BCUT2D eigenvalue weighted by Gasteiger charge is 2.75. The van der Waals surface area contributed by atoms with Crippen LogP contribution in [0.4, 0.5) is 17.6 Å². The van der Waals surface area contributed by atoms with Crippen LogP contribution in [0.15, 0.2) is 0 Å². The van der Waals surface area contributed by atoms with Crippen molar-refractivity contribution in [1.29, 1.82) is 0 Å². The zero-order valence-corrected chi connectivity index (χ0v) is 9.91. The molecule has 4 nitrogen and oxygen atoms in total. The molecule has 0 rings (SSSR count). The number of carbonyl (C=O) groups excluding carboxylic acids is 2. The molecule has 0 atom stereocenters. The second-order valence-corrected chi connectivity index (χ2v) is 4.03. The van der Waals surface area contributed by atoms with Crippen molar-refractivity contribution in [3.05, 3.63) is 0 Å². The van der Waals surface area contributed by atoms with Crippen molar-refractivity contribution in [2.24, 2.45) is 0 Å². The number of carbonyl (C=O) groups is 2. The van der Waals surface area contributed by atoms with Gasteiger partial charge in [0.25, 0.3) is 4.33 Å². The third-order valence-corrected chi connectivity index (χ3v) is 2.62. The van der Waals surface area contributed by atoms with Crippen LogP contribution in [0.1, 0.15) is 0 Å². The molecule has 0 heterocycles. The van der Waals surface area contributed by atoms with Crippen LogP contribution in [0.2, 0.25) is 0 Å². The van der Waals surface area contributed by atoms with Gasteiger partial charge in [-0.15, -0.1) is 0 Å². The first-order valence-corrected chi connectivity index (χ1v) is 4.52. The van der Waals surface area contributed by atoms with Crippen molar-refractivity contribution in [3.8, 4) is 0 Å². The topological polar surface area (TPSA) is 52.6 Å². The van der Waals surface area contributed by atoms with Gasteiger partial charge in [0.1, 0.15) is 0 Å². The molecule has 17 heavy (non-hydrogen) atoms. The summed E-state index contributed by atoms with van der Waals surface area (Å²) in [5.74, 6) is -14.8. The summed E-state index contributed by atoms with van der Waals surface area (Å²) in [6.45, 7) is 0. The number of hydrogen-bond donors (Lipinski definition) is 0. The van der Waals surface area contributed by atoms with E-state index < -0.39 is 28.1 Å². The summed E-state index contributed by atoms with van der Waals surface area (Å²) in [6, 6.07) is 0. The molecule has 100 valence electrons. The van der Waals surface area contributed by atoms with Crippen molar-refractivity contribution in [1.82, 2.24) is 0 Å². The van der Waals surface area contributed by atoms with Gasteiger partial charge in [-0.25, -0.2) is 9.59 Å². The lowest BCUT2D eigenvalue weighted by molar-refractivity contribution is -0.196. The van der Waals surface area contributed by atoms with E-state index in [-0.39, 0.29) is 0 Å². The maximum atomic E-state index is 13.2. The quantitative estimate of drug-likeness (QED) is 0.451. The Morgan fingerprint density at radius 3 is 1.29 bits per heavy atom. The normalized spacial score (nSPS) is 13.2. The summed E-state index contributed by atoms with van der Waals surface area (Å²) in [7, 11) is 1.02. The van der Waals surface area contributed by atoms with E-state index in [1.54, 1.807) is 0 Å². The van der Waals surface area contributed by atoms with Crippen LogP contribution in [0.25, 0.3) is 0 Å². The minimum Gasteiger partial charge on any atom is -0.464 e. The van der Waals surface area contributed by atoms with Crippen LogP contribution in [0.5, 0.6) is 0 Å². The molecule has 0 bridgehead atoms. The number of hydrogen-bond acceptors (Lipinski definition) is 4. The summed E-state index contributed by atoms with van der Waals surface area (Å²) in [6.07, 6.45) is 0. The van der Waals surface area contributed by atoms with Crippen molar-refractivity contribution >= 4 is 35.1 Å². The highest BCUT2D eigenvalue weighted by molar-refractivity contribution is 6.52. The predicted octanol–water partition coefficient (Wildman–Crippen LogP) is 1.78. The van der Waals surface area contributed by atoms with Gasteiger partial charge in [-0.05, 0) is 0 Å². The lowest BCUT2D eigenvalue weighted by atomic mass is 10.1. The smallest absolute Gasteiger partial charge is 0.381 e. The van der Waals surface area contributed by atoms with E-state index in [4.69, 9.17) is 23.2 Å². The lowest BCUT2D eigenvalue weighted by Crippen LogP contribution is -2.60. The Bertz CT molecular complexity index is 302. The Morgan fingerprint density at radius 1 is 0.882 bits per heavy atom. The second kappa shape index (κ2) is 4.85. The van der Waals surface area contributed by atoms with E-state index in [9.17, 15) is 27.2 Å². The van der Waals surface area contributed by atoms with Crippen LogP contribution >= 0.6 is 23.2 Å². The van der Waals surface area contributed by atoms with E-state index in [1.165, 1.54) is 0 Å². The molecule has 0 N–H and O–H groups in total. The van der Waals surface area contributed by atoms with Crippen molar-refractivity contribution in [3.63, 3.8) is 0 Å². The average Bonchev–Trinajstić information content (AvgIpc) is 2.25. The van der Waals surface area contributed by atoms with Crippen molar-refractivity contribution in [2.75, 3.05) is 14.2 Å². The number of halogens is 6. The fourth-order valence-electron chi connectivity index (χ4n) is 0.710. The third kappa shape index (κ3) is 2.42. The van der Waals surface area contributed by atoms with Gasteiger partial charge < -0.3 is 9.47 Å². The van der Waals surface area contributed by atoms with Crippen LogP contribution in [0, 0.1) is 0 Å². The van der Waals surface area contributed by atoms with E-state index in [2.05, 4.69) is 9.47 Å². The average molecular weight is 301 g/mol. The number of methoxy groups -OCH3 is 2. The van der Waals surface area contributed by atoms with E-state index in [1.807, 2.05) is 0 Å². The van der Waals surface area contributed by atoms with Gasteiger partial charge >= 0.3 is 23.8 Å². The second-order valence-electron chi connectivity index (χ2n) is 2.71. The standard InChI is InChI=1S/C7H6Cl2F4O4/c1-16-3(14)5(10,11)7(8,9)6(12,13)4(15)17-2/h1-2H3.